The van der Waals surface area contributed by atoms with Crippen molar-refractivity contribution in [1.29, 1.82) is 0 Å². The second-order valence-corrected chi connectivity index (χ2v) is 5.27. The third-order valence-electron chi connectivity index (χ3n) is 2.96. The zero-order valence-corrected chi connectivity index (χ0v) is 11.7. The van der Waals surface area contributed by atoms with Gasteiger partial charge in [0.2, 0.25) is 5.28 Å². The van der Waals surface area contributed by atoms with Crippen molar-refractivity contribution in [2.24, 2.45) is 0 Å². The van der Waals surface area contributed by atoms with E-state index in [9.17, 15) is 0 Å². The van der Waals surface area contributed by atoms with Crippen molar-refractivity contribution < 1.29 is 0 Å². The molecule has 0 N–H and O–H groups in total. The molecule has 3 rings (SSSR count). The van der Waals surface area contributed by atoms with Crippen LogP contribution in [0.4, 0.5) is 0 Å². The maximum absolute atomic E-state index is 6.14. The maximum atomic E-state index is 6.14. The lowest BCUT2D eigenvalue weighted by molar-refractivity contribution is 0.912. The first-order valence-electron chi connectivity index (χ1n) is 5.18. The number of hydrogen-bond acceptors (Lipinski definition) is 2. The zero-order valence-electron chi connectivity index (χ0n) is 9.33. The van der Waals surface area contributed by atoms with Gasteiger partial charge in [0.1, 0.15) is 0 Å². The SMILES string of the molecule is Cc1nn2c(Cl)nc3ccc(Br)cc3c2c1C. The zero-order chi connectivity index (χ0) is 12.2. The molecule has 5 heteroatoms. The summed E-state index contributed by atoms with van der Waals surface area (Å²) in [6.45, 7) is 4.02. The average molecular weight is 311 g/mol. The van der Waals surface area contributed by atoms with Gasteiger partial charge >= 0.3 is 0 Å². The molecule has 0 aliphatic heterocycles. The highest BCUT2D eigenvalue weighted by Gasteiger charge is 2.13. The highest BCUT2D eigenvalue weighted by atomic mass is 79.9. The van der Waals surface area contributed by atoms with E-state index in [2.05, 4.69) is 26.0 Å². The van der Waals surface area contributed by atoms with Crippen molar-refractivity contribution in [1.82, 2.24) is 14.6 Å². The lowest BCUT2D eigenvalue weighted by Gasteiger charge is -2.03. The fraction of sp³-hybridized carbons (Fsp3) is 0.167. The predicted octanol–water partition coefficient (Wildman–Crippen LogP) is 3.92. The Morgan fingerprint density at radius 1 is 1.29 bits per heavy atom. The van der Waals surface area contributed by atoms with Gasteiger partial charge in [0.15, 0.2) is 0 Å². The first-order chi connectivity index (χ1) is 8.08. The molecule has 0 aliphatic rings. The number of nitrogens with zero attached hydrogens (tertiary/aromatic N) is 3. The van der Waals surface area contributed by atoms with Crippen molar-refractivity contribution in [2.45, 2.75) is 13.8 Å². The number of fused-ring (bicyclic) bond motifs is 3. The van der Waals surface area contributed by atoms with E-state index in [4.69, 9.17) is 11.6 Å². The van der Waals surface area contributed by atoms with Crippen molar-refractivity contribution in [3.63, 3.8) is 0 Å². The summed E-state index contributed by atoms with van der Waals surface area (Å²) in [5, 5.41) is 5.85. The maximum Gasteiger partial charge on any atom is 0.224 e. The molecule has 0 saturated carbocycles. The smallest absolute Gasteiger partial charge is 0.218 e. The Morgan fingerprint density at radius 3 is 2.82 bits per heavy atom. The van der Waals surface area contributed by atoms with Crippen LogP contribution < -0.4 is 0 Å². The van der Waals surface area contributed by atoms with Crippen LogP contribution in [0.25, 0.3) is 16.4 Å². The molecule has 0 amide bonds. The molecule has 0 atom stereocenters. The Kier molecular flexibility index (Phi) is 2.38. The van der Waals surface area contributed by atoms with Gasteiger partial charge in [-0.3, -0.25) is 0 Å². The number of benzene rings is 1. The van der Waals surface area contributed by atoms with Crippen LogP contribution in [0.1, 0.15) is 11.3 Å². The monoisotopic (exact) mass is 309 g/mol. The van der Waals surface area contributed by atoms with Gasteiger partial charge in [-0.25, -0.2) is 9.50 Å². The summed E-state index contributed by atoms with van der Waals surface area (Å²) in [5.74, 6) is 0. The normalized spacial score (nSPS) is 11.5. The van der Waals surface area contributed by atoms with E-state index in [-0.39, 0.29) is 0 Å². The van der Waals surface area contributed by atoms with Crippen molar-refractivity contribution >= 4 is 44.0 Å². The lowest BCUT2D eigenvalue weighted by Crippen LogP contribution is -1.94. The molecule has 0 saturated heterocycles. The van der Waals surface area contributed by atoms with E-state index in [0.29, 0.717) is 5.28 Å². The van der Waals surface area contributed by atoms with E-state index in [1.807, 2.05) is 32.0 Å². The van der Waals surface area contributed by atoms with E-state index >= 15 is 0 Å². The minimum absolute atomic E-state index is 0.394. The first-order valence-corrected chi connectivity index (χ1v) is 6.35. The topological polar surface area (TPSA) is 30.2 Å². The molecule has 0 bridgehead atoms. The van der Waals surface area contributed by atoms with Gasteiger partial charge < -0.3 is 0 Å². The summed E-state index contributed by atoms with van der Waals surface area (Å²) in [7, 11) is 0. The molecular weight excluding hydrogens is 302 g/mol. The summed E-state index contributed by atoms with van der Waals surface area (Å²) in [6.07, 6.45) is 0. The molecule has 3 aromatic rings. The van der Waals surface area contributed by atoms with Gasteiger partial charge in [-0.2, -0.15) is 5.10 Å². The molecule has 0 fully saturated rings. The fourth-order valence-electron chi connectivity index (χ4n) is 2.00. The number of halogens is 2. The molecule has 17 heavy (non-hydrogen) atoms. The summed E-state index contributed by atoms with van der Waals surface area (Å²) < 4.78 is 2.72. The quantitative estimate of drug-likeness (QED) is 0.589. The molecule has 2 heterocycles. The van der Waals surface area contributed by atoms with Gasteiger partial charge in [0.25, 0.3) is 0 Å². The van der Waals surface area contributed by atoms with Gasteiger partial charge in [0, 0.05) is 9.86 Å². The largest absolute Gasteiger partial charge is 0.224 e. The van der Waals surface area contributed by atoms with Gasteiger partial charge in [-0.15, -0.1) is 0 Å². The molecule has 86 valence electrons. The van der Waals surface area contributed by atoms with Gasteiger partial charge in [0.05, 0.1) is 16.7 Å². The second kappa shape index (κ2) is 3.68. The average Bonchev–Trinajstić information content (AvgIpc) is 2.58. The Hall–Kier alpha value is -1.13. The molecule has 0 spiro atoms. The minimum Gasteiger partial charge on any atom is -0.218 e. The van der Waals surface area contributed by atoms with Crippen LogP contribution in [-0.2, 0) is 0 Å². The number of aryl methyl sites for hydroxylation is 2. The van der Waals surface area contributed by atoms with E-state index in [1.165, 1.54) is 0 Å². The van der Waals surface area contributed by atoms with Crippen LogP contribution in [0.15, 0.2) is 22.7 Å². The number of aromatic nitrogens is 3. The van der Waals surface area contributed by atoms with Crippen LogP contribution >= 0.6 is 27.5 Å². The molecule has 3 nitrogen and oxygen atoms in total. The number of hydrogen-bond donors (Lipinski definition) is 0. The fourth-order valence-corrected chi connectivity index (χ4v) is 2.57. The summed E-state index contributed by atoms with van der Waals surface area (Å²) in [5.41, 5.74) is 4.02. The highest BCUT2D eigenvalue weighted by molar-refractivity contribution is 9.10. The minimum atomic E-state index is 0.394. The van der Waals surface area contributed by atoms with Gasteiger partial charge in [-0.05, 0) is 49.2 Å². The Balaban J connectivity index is 2.64. The third kappa shape index (κ3) is 1.55. The van der Waals surface area contributed by atoms with Crippen LogP contribution in [0.2, 0.25) is 5.28 Å². The van der Waals surface area contributed by atoms with Crippen molar-refractivity contribution in [3.05, 3.63) is 39.2 Å². The second-order valence-electron chi connectivity index (χ2n) is 4.01. The van der Waals surface area contributed by atoms with Gasteiger partial charge in [-0.1, -0.05) is 15.9 Å². The summed E-state index contributed by atoms with van der Waals surface area (Å²) in [4.78, 5) is 4.34. The Bertz CT molecular complexity index is 748. The van der Waals surface area contributed by atoms with Crippen LogP contribution in [0, 0.1) is 13.8 Å². The predicted molar refractivity (Wildman–Crippen MR) is 72.7 cm³/mol. The first kappa shape index (κ1) is 11.0. The molecule has 0 aliphatic carbocycles. The summed E-state index contributed by atoms with van der Waals surface area (Å²) in [6, 6.07) is 5.95. The van der Waals surface area contributed by atoms with E-state index in [1.54, 1.807) is 4.52 Å². The Morgan fingerprint density at radius 2 is 2.06 bits per heavy atom. The molecule has 0 unspecified atom stereocenters. The summed E-state index contributed by atoms with van der Waals surface area (Å²) >= 11 is 9.62. The Labute approximate surface area is 112 Å². The molecular formula is C12H9BrClN3. The van der Waals surface area contributed by atoms with Crippen LogP contribution in [-0.4, -0.2) is 14.6 Å². The standard InChI is InChI=1S/C12H9BrClN3/c1-6-7(2)16-17-11(6)9-5-8(13)3-4-10(9)15-12(17)14/h3-5H,1-2H3. The van der Waals surface area contributed by atoms with Crippen LogP contribution in [0.5, 0.6) is 0 Å². The number of rotatable bonds is 0. The lowest BCUT2D eigenvalue weighted by atomic mass is 10.1. The van der Waals surface area contributed by atoms with Crippen molar-refractivity contribution in [2.75, 3.05) is 0 Å². The van der Waals surface area contributed by atoms with Crippen LogP contribution in [0.3, 0.4) is 0 Å². The van der Waals surface area contributed by atoms with E-state index in [0.717, 1.165) is 32.1 Å². The van der Waals surface area contributed by atoms with E-state index < -0.39 is 0 Å². The highest BCUT2D eigenvalue weighted by Crippen LogP contribution is 2.28. The molecule has 0 radical (unpaired) electrons. The molecule has 2 aromatic heterocycles. The molecule has 1 aromatic carbocycles. The van der Waals surface area contributed by atoms with Crippen molar-refractivity contribution in [3.8, 4) is 0 Å². The third-order valence-corrected chi connectivity index (χ3v) is 3.70.